The van der Waals surface area contributed by atoms with Gasteiger partial charge in [-0.05, 0) is 36.6 Å². The van der Waals surface area contributed by atoms with E-state index in [0.717, 1.165) is 35.1 Å². The van der Waals surface area contributed by atoms with Gasteiger partial charge in [-0.1, -0.05) is 6.07 Å². The Morgan fingerprint density at radius 2 is 2.17 bits per heavy atom. The van der Waals surface area contributed by atoms with Gasteiger partial charge in [-0.15, -0.1) is 11.3 Å². The maximum absolute atomic E-state index is 9.52. The van der Waals surface area contributed by atoms with Crippen molar-refractivity contribution < 1.29 is 9.52 Å². The quantitative estimate of drug-likeness (QED) is 0.665. The van der Waals surface area contributed by atoms with Gasteiger partial charge in [0.2, 0.25) is 0 Å². The fourth-order valence-corrected chi connectivity index (χ4v) is 3.11. The van der Waals surface area contributed by atoms with E-state index in [9.17, 15) is 5.11 Å². The largest absolute Gasteiger partial charge is 0.462 e. The molecule has 2 N–H and O–H groups in total. The average Bonchev–Trinajstić information content (AvgIpc) is 3.26. The van der Waals surface area contributed by atoms with Crippen molar-refractivity contribution in [2.45, 2.75) is 13.0 Å². The number of nitrogens with one attached hydrogen (secondary N) is 1. The van der Waals surface area contributed by atoms with Crippen LogP contribution in [-0.2, 0) is 13.0 Å². The molecule has 1 unspecified atom stereocenters. The molecular formula is C17H19N3O2S. The second kappa shape index (κ2) is 8.01. The molecular weight excluding hydrogens is 310 g/mol. The van der Waals surface area contributed by atoms with E-state index in [2.05, 4.69) is 15.3 Å². The standard InChI is InChI=1S/C17H19N3O2S/c21-11-13(8-14-4-1-2-6-19-14)9-18-10-15-12-23-17(20-15)16-5-3-7-22-16/h1-7,12-13,18,21H,8-11H2. The SMILES string of the molecule is OCC(CNCc1csc(-c2ccco2)n1)Cc1ccccn1. The van der Waals surface area contributed by atoms with E-state index in [1.165, 1.54) is 0 Å². The molecule has 0 aromatic carbocycles. The molecule has 0 aliphatic heterocycles. The first-order valence-corrected chi connectivity index (χ1v) is 8.43. The zero-order chi connectivity index (χ0) is 15.9. The van der Waals surface area contributed by atoms with Crippen molar-refractivity contribution in [2.24, 2.45) is 5.92 Å². The zero-order valence-corrected chi connectivity index (χ0v) is 13.5. The Bertz CT molecular complexity index is 698. The predicted molar refractivity (Wildman–Crippen MR) is 90.0 cm³/mol. The summed E-state index contributed by atoms with van der Waals surface area (Å²) in [6.07, 6.45) is 4.19. The lowest BCUT2D eigenvalue weighted by Gasteiger charge is -2.14. The Balaban J connectivity index is 1.48. The van der Waals surface area contributed by atoms with Gasteiger partial charge < -0.3 is 14.8 Å². The Morgan fingerprint density at radius 3 is 2.91 bits per heavy atom. The van der Waals surface area contributed by atoms with E-state index in [1.807, 2.05) is 35.7 Å². The number of aliphatic hydroxyl groups is 1. The summed E-state index contributed by atoms with van der Waals surface area (Å²) in [5.74, 6) is 0.942. The fourth-order valence-electron chi connectivity index (χ4n) is 2.32. The summed E-state index contributed by atoms with van der Waals surface area (Å²) >= 11 is 1.57. The van der Waals surface area contributed by atoms with Gasteiger partial charge in [-0.2, -0.15) is 0 Å². The van der Waals surface area contributed by atoms with Crippen LogP contribution in [0, 0.1) is 5.92 Å². The molecule has 0 amide bonds. The van der Waals surface area contributed by atoms with Crippen molar-refractivity contribution in [2.75, 3.05) is 13.2 Å². The van der Waals surface area contributed by atoms with Crippen LogP contribution in [0.5, 0.6) is 0 Å². The third-order valence-electron chi connectivity index (χ3n) is 3.50. The van der Waals surface area contributed by atoms with Crippen LogP contribution in [0.4, 0.5) is 0 Å². The number of aliphatic hydroxyl groups excluding tert-OH is 1. The van der Waals surface area contributed by atoms with E-state index < -0.39 is 0 Å². The van der Waals surface area contributed by atoms with E-state index in [0.29, 0.717) is 6.54 Å². The van der Waals surface area contributed by atoms with Gasteiger partial charge in [0.25, 0.3) is 0 Å². The van der Waals surface area contributed by atoms with Crippen molar-refractivity contribution in [1.82, 2.24) is 15.3 Å². The number of furan rings is 1. The van der Waals surface area contributed by atoms with Crippen LogP contribution in [0.1, 0.15) is 11.4 Å². The molecule has 6 heteroatoms. The molecule has 120 valence electrons. The lowest BCUT2D eigenvalue weighted by molar-refractivity contribution is 0.220. The number of rotatable bonds is 8. The van der Waals surface area contributed by atoms with Gasteiger partial charge >= 0.3 is 0 Å². The van der Waals surface area contributed by atoms with Crippen LogP contribution in [0.15, 0.2) is 52.6 Å². The van der Waals surface area contributed by atoms with Crippen LogP contribution in [0.3, 0.4) is 0 Å². The maximum atomic E-state index is 9.52. The molecule has 3 aromatic heterocycles. The minimum absolute atomic E-state index is 0.137. The Kier molecular flexibility index (Phi) is 5.52. The minimum Gasteiger partial charge on any atom is -0.462 e. The van der Waals surface area contributed by atoms with Crippen LogP contribution < -0.4 is 5.32 Å². The third kappa shape index (κ3) is 4.48. The van der Waals surface area contributed by atoms with E-state index >= 15 is 0 Å². The zero-order valence-electron chi connectivity index (χ0n) is 12.7. The van der Waals surface area contributed by atoms with E-state index in [4.69, 9.17) is 4.42 Å². The number of pyridine rings is 1. The lowest BCUT2D eigenvalue weighted by Crippen LogP contribution is -2.26. The molecule has 0 bridgehead atoms. The van der Waals surface area contributed by atoms with Crippen LogP contribution >= 0.6 is 11.3 Å². The predicted octanol–water partition coefficient (Wildman–Crippen LogP) is 2.74. The Labute approximate surface area is 139 Å². The fraction of sp³-hybridized carbons (Fsp3) is 0.294. The van der Waals surface area contributed by atoms with Crippen molar-refractivity contribution >= 4 is 11.3 Å². The molecule has 0 aliphatic rings. The molecule has 1 atom stereocenters. The second-order valence-corrected chi connectivity index (χ2v) is 6.18. The normalized spacial score (nSPS) is 12.4. The lowest BCUT2D eigenvalue weighted by atomic mass is 10.0. The highest BCUT2D eigenvalue weighted by molar-refractivity contribution is 7.13. The second-order valence-electron chi connectivity index (χ2n) is 5.33. The third-order valence-corrected chi connectivity index (χ3v) is 4.41. The summed E-state index contributed by atoms with van der Waals surface area (Å²) in [6.45, 7) is 1.54. The first kappa shape index (κ1) is 15.9. The molecule has 0 spiro atoms. The van der Waals surface area contributed by atoms with Crippen molar-refractivity contribution in [3.05, 3.63) is 59.6 Å². The number of hydrogen-bond acceptors (Lipinski definition) is 6. The average molecular weight is 329 g/mol. The monoisotopic (exact) mass is 329 g/mol. The smallest absolute Gasteiger partial charge is 0.162 e. The minimum atomic E-state index is 0.137. The van der Waals surface area contributed by atoms with Crippen LogP contribution in [-0.4, -0.2) is 28.2 Å². The molecule has 23 heavy (non-hydrogen) atoms. The summed E-state index contributed by atoms with van der Waals surface area (Å²) < 4.78 is 5.35. The molecule has 0 saturated carbocycles. The van der Waals surface area contributed by atoms with E-state index in [-0.39, 0.29) is 12.5 Å². The van der Waals surface area contributed by atoms with Crippen LogP contribution in [0.2, 0.25) is 0 Å². The summed E-state index contributed by atoms with van der Waals surface area (Å²) in [5.41, 5.74) is 1.98. The molecule has 3 rings (SSSR count). The highest BCUT2D eigenvalue weighted by Gasteiger charge is 2.10. The van der Waals surface area contributed by atoms with Crippen LogP contribution in [0.25, 0.3) is 10.8 Å². The molecule has 3 heterocycles. The topological polar surface area (TPSA) is 71.2 Å². The van der Waals surface area contributed by atoms with Gasteiger partial charge in [0.05, 0.1) is 12.0 Å². The first-order valence-electron chi connectivity index (χ1n) is 7.55. The number of aromatic nitrogens is 2. The van der Waals surface area contributed by atoms with Crippen molar-refractivity contribution in [1.29, 1.82) is 0 Å². The van der Waals surface area contributed by atoms with Gasteiger partial charge in [-0.25, -0.2) is 4.98 Å². The van der Waals surface area contributed by atoms with Gasteiger partial charge in [-0.3, -0.25) is 4.98 Å². The first-order chi connectivity index (χ1) is 11.3. The summed E-state index contributed by atoms with van der Waals surface area (Å²) in [5, 5.41) is 15.8. The summed E-state index contributed by atoms with van der Waals surface area (Å²) in [7, 11) is 0. The highest BCUT2D eigenvalue weighted by atomic mass is 32.1. The van der Waals surface area contributed by atoms with Gasteiger partial charge in [0.1, 0.15) is 0 Å². The van der Waals surface area contributed by atoms with E-state index in [1.54, 1.807) is 23.8 Å². The number of thiazole rings is 1. The van der Waals surface area contributed by atoms with Gasteiger partial charge in [0, 0.05) is 37.0 Å². The van der Waals surface area contributed by atoms with Crippen molar-refractivity contribution in [3.63, 3.8) is 0 Å². The molecule has 3 aromatic rings. The Morgan fingerprint density at radius 1 is 1.22 bits per heavy atom. The molecule has 0 fully saturated rings. The summed E-state index contributed by atoms with van der Waals surface area (Å²) in [4.78, 5) is 8.85. The molecule has 0 radical (unpaired) electrons. The van der Waals surface area contributed by atoms with Crippen molar-refractivity contribution in [3.8, 4) is 10.8 Å². The molecule has 0 aliphatic carbocycles. The number of nitrogens with zero attached hydrogens (tertiary/aromatic N) is 2. The maximum Gasteiger partial charge on any atom is 0.162 e. The number of hydrogen-bond donors (Lipinski definition) is 2. The summed E-state index contributed by atoms with van der Waals surface area (Å²) in [6, 6.07) is 9.62. The van der Waals surface area contributed by atoms with Gasteiger partial charge in [0.15, 0.2) is 10.8 Å². The Hall–Kier alpha value is -2.02. The highest BCUT2D eigenvalue weighted by Crippen LogP contribution is 2.23. The molecule has 0 saturated heterocycles. The molecule has 5 nitrogen and oxygen atoms in total.